The van der Waals surface area contributed by atoms with E-state index in [-0.39, 0.29) is 22.7 Å². The second-order valence-electron chi connectivity index (χ2n) is 9.19. The molecule has 4 aliphatic rings. The lowest BCUT2D eigenvalue weighted by Crippen LogP contribution is -2.50. The monoisotopic (exact) mass is 317 g/mol. The summed E-state index contributed by atoms with van der Waals surface area (Å²) >= 11 is 0. The van der Waals surface area contributed by atoms with E-state index in [1.54, 1.807) is 6.92 Å². The Morgan fingerprint density at radius 3 is 2.74 bits per heavy atom. The van der Waals surface area contributed by atoms with E-state index in [0.29, 0.717) is 17.8 Å². The molecule has 3 saturated carbocycles. The summed E-state index contributed by atoms with van der Waals surface area (Å²) in [6, 6.07) is 0. The minimum Gasteiger partial charge on any atom is -0.393 e. The van der Waals surface area contributed by atoms with Crippen LogP contribution in [0.1, 0.15) is 73.5 Å². The summed E-state index contributed by atoms with van der Waals surface area (Å²) in [5.41, 5.74) is 1.59. The van der Waals surface area contributed by atoms with Crippen LogP contribution in [-0.2, 0) is 4.79 Å². The fraction of sp³-hybridized carbons (Fsp3) is 0.857. The molecule has 0 heterocycles. The van der Waals surface area contributed by atoms with Crippen LogP contribution in [0.25, 0.3) is 0 Å². The highest BCUT2D eigenvalue weighted by Crippen LogP contribution is 2.66. The zero-order chi connectivity index (χ0) is 17.3. The molecule has 0 amide bonds. The summed E-state index contributed by atoms with van der Waals surface area (Å²) in [4.78, 5) is 12.3. The van der Waals surface area contributed by atoms with Gasteiger partial charge in [-0.05, 0) is 86.9 Å². The Labute approximate surface area is 142 Å². The Bertz CT molecular complexity index is 599. The molecule has 0 aromatic rings. The third-order valence-electron chi connectivity index (χ3n) is 8.29. The molecule has 0 spiro atoms. The third kappa shape index (κ3) is 2.13. The van der Waals surface area contributed by atoms with Gasteiger partial charge in [0.15, 0.2) is 0 Å². The number of allylic oxidation sites excluding steroid dienone is 1. The largest absolute Gasteiger partial charge is 0.393 e. The van der Waals surface area contributed by atoms with Gasteiger partial charge < -0.3 is 5.11 Å². The predicted octanol–water partition coefficient (Wildman–Crippen LogP) is 4.52. The van der Waals surface area contributed by atoms with Crippen molar-refractivity contribution in [3.8, 4) is 0 Å². The molecule has 2 heteroatoms. The predicted molar refractivity (Wildman–Crippen MR) is 91.9 cm³/mol. The smallest absolute Gasteiger partial charge is 0.133 e. The molecule has 1 N–H and O–H groups in total. The number of hydrogen-bond acceptors (Lipinski definition) is 2. The minimum absolute atomic E-state index is 0.0741. The standard InChI is InChI=1S/C21H32O2/c1-13(22)17-6-7-18-16-5-4-14-12-15(23)8-10-20(14,2)19(16)9-11-21(17,18)3/h4,15-19,23H,5-12H2,1-3H3/t15-,16?,17+,18?,19?,20?,21?/m0/s1/i17D. The zero-order valence-corrected chi connectivity index (χ0v) is 14.9. The number of carbonyl (C=O) groups is 1. The van der Waals surface area contributed by atoms with Gasteiger partial charge in [0.1, 0.15) is 5.78 Å². The van der Waals surface area contributed by atoms with Crippen LogP contribution in [0.3, 0.4) is 0 Å². The molecular formula is C21H32O2. The molecule has 5 unspecified atom stereocenters. The zero-order valence-electron chi connectivity index (χ0n) is 15.9. The minimum atomic E-state index is -0.865. The molecule has 0 aliphatic heterocycles. The first kappa shape index (κ1) is 14.7. The summed E-state index contributed by atoms with van der Waals surface area (Å²) in [5.74, 6) is 1.02. The van der Waals surface area contributed by atoms with Gasteiger partial charge in [-0.2, -0.15) is 0 Å². The maximum atomic E-state index is 12.3. The number of ketones is 1. The Hall–Kier alpha value is -0.630. The van der Waals surface area contributed by atoms with Gasteiger partial charge in [0.25, 0.3) is 0 Å². The summed E-state index contributed by atoms with van der Waals surface area (Å²) in [5, 5.41) is 10.1. The van der Waals surface area contributed by atoms with E-state index in [0.717, 1.165) is 51.4 Å². The normalized spacial score (nSPS) is 56.0. The van der Waals surface area contributed by atoms with Crippen molar-refractivity contribution >= 4 is 5.78 Å². The van der Waals surface area contributed by atoms with Gasteiger partial charge in [0.2, 0.25) is 0 Å². The van der Waals surface area contributed by atoms with Crippen molar-refractivity contribution in [3.05, 3.63) is 11.6 Å². The van der Waals surface area contributed by atoms with Crippen molar-refractivity contribution in [1.29, 1.82) is 0 Å². The quantitative estimate of drug-likeness (QED) is 0.722. The van der Waals surface area contributed by atoms with Crippen LogP contribution in [-0.4, -0.2) is 17.0 Å². The first-order valence-corrected chi connectivity index (χ1v) is 9.61. The average molecular weight is 317 g/mol. The number of Topliss-reactive ketones (excluding diaryl/α,β-unsaturated/α-hetero) is 1. The maximum Gasteiger partial charge on any atom is 0.133 e. The van der Waals surface area contributed by atoms with Crippen molar-refractivity contribution in [2.45, 2.75) is 78.2 Å². The molecule has 7 atom stereocenters. The first-order chi connectivity index (χ1) is 11.2. The molecule has 128 valence electrons. The summed E-state index contributed by atoms with van der Waals surface area (Å²) in [6.45, 7) is 6.30. The third-order valence-corrected chi connectivity index (χ3v) is 8.29. The van der Waals surface area contributed by atoms with Gasteiger partial charge >= 0.3 is 0 Å². The van der Waals surface area contributed by atoms with E-state index in [4.69, 9.17) is 1.37 Å². The van der Waals surface area contributed by atoms with Gasteiger partial charge in [0, 0.05) is 7.26 Å². The molecule has 4 rings (SSSR count). The first-order valence-electron chi connectivity index (χ1n) is 10.1. The Kier molecular flexibility index (Phi) is 3.31. The van der Waals surface area contributed by atoms with Gasteiger partial charge in [-0.15, -0.1) is 0 Å². The summed E-state index contributed by atoms with van der Waals surface area (Å²) < 4.78 is 8.92. The molecule has 0 radical (unpaired) electrons. The van der Waals surface area contributed by atoms with E-state index in [1.165, 1.54) is 5.57 Å². The Morgan fingerprint density at radius 2 is 2.00 bits per heavy atom. The number of hydrogen-bond donors (Lipinski definition) is 1. The topological polar surface area (TPSA) is 37.3 Å². The number of rotatable bonds is 1. The summed E-state index contributed by atoms with van der Waals surface area (Å²) in [6.07, 6.45) is 10.2. The average Bonchev–Trinajstić information content (AvgIpc) is 2.81. The van der Waals surface area contributed by atoms with E-state index in [2.05, 4.69) is 19.9 Å². The Balaban J connectivity index is 1.69. The van der Waals surface area contributed by atoms with Crippen molar-refractivity contribution in [3.63, 3.8) is 0 Å². The fourth-order valence-electron chi connectivity index (χ4n) is 7.03. The van der Waals surface area contributed by atoms with Crippen molar-refractivity contribution in [2.75, 3.05) is 0 Å². The van der Waals surface area contributed by atoms with Crippen LogP contribution in [0.15, 0.2) is 11.6 Å². The van der Waals surface area contributed by atoms with Gasteiger partial charge in [-0.25, -0.2) is 0 Å². The van der Waals surface area contributed by atoms with Gasteiger partial charge in [-0.1, -0.05) is 25.5 Å². The van der Waals surface area contributed by atoms with Crippen LogP contribution in [0.5, 0.6) is 0 Å². The molecule has 3 fully saturated rings. The van der Waals surface area contributed by atoms with E-state index >= 15 is 0 Å². The van der Waals surface area contributed by atoms with Gasteiger partial charge in [-0.3, -0.25) is 4.79 Å². The molecule has 0 aromatic carbocycles. The molecule has 0 saturated heterocycles. The molecular weight excluding hydrogens is 284 g/mol. The van der Waals surface area contributed by atoms with Crippen LogP contribution in [0, 0.1) is 34.5 Å². The van der Waals surface area contributed by atoms with Crippen molar-refractivity contribution in [2.24, 2.45) is 34.5 Å². The van der Waals surface area contributed by atoms with Crippen LogP contribution in [0.4, 0.5) is 0 Å². The lowest BCUT2D eigenvalue weighted by molar-refractivity contribution is -0.127. The van der Waals surface area contributed by atoms with Crippen LogP contribution >= 0.6 is 0 Å². The fourth-order valence-corrected chi connectivity index (χ4v) is 7.03. The highest BCUT2D eigenvalue weighted by Gasteiger charge is 2.59. The van der Waals surface area contributed by atoms with E-state index < -0.39 is 5.89 Å². The Morgan fingerprint density at radius 1 is 1.22 bits per heavy atom. The lowest BCUT2D eigenvalue weighted by Gasteiger charge is -2.57. The number of aliphatic hydroxyl groups is 1. The van der Waals surface area contributed by atoms with E-state index in [9.17, 15) is 9.90 Å². The lowest BCUT2D eigenvalue weighted by atomic mass is 9.47. The van der Waals surface area contributed by atoms with Gasteiger partial charge in [0.05, 0.1) is 6.10 Å². The molecule has 0 bridgehead atoms. The molecule has 4 aliphatic carbocycles. The summed E-state index contributed by atoms with van der Waals surface area (Å²) in [7, 11) is 0. The molecule has 23 heavy (non-hydrogen) atoms. The van der Waals surface area contributed by atoms with Crippen molar-refractivity contribution < 1.29 is 11.3 Å². The molecule has 2 nitrogen and oxygen atoms in total. The highest BCUT2D eigenvalue weighted by molar-refractivity contribution is 5.79. The maximum absolute atomic E-state index is 12.3. The number of carbonyl (C=O) groups excluding carboxylic acids is 1. The second-order valence-corrected chi connectivity index (χ2v) is 9.19. The highest BCUT2D eigenvalue weighted by atomic mass is 16.3. The molecule has 0 aromatic heterocycles. The van der Waals surface area contributed by atoms with Crippen LogP contribution in [0.2, 0.25) is 0 Å². The number of aliphatic hydroxyl groups excluding tert-OH is 1. The number of fused-ring (bicyclic) bond motifs is 5. The second kappa shape index (κ2) is 5.18. The van der Waals surface area contributed by atoms with Crippen LogP contribution < -0.4 is 0 Å². The van der Waals surface area contributed by atoms with Crippen molar-refractivity contribution in [1.82, 2.24) is 0 Å². The van der Waals surface area contributed by atoms with E-state index in [1.807, 2.05) is 0 Å². The SMILES string of the molecule is [2H][C@]1(C(C)=O)CCC2C3CC=C4C[C@@H](O)CCC4(C)C3CCC21C.